The van der Waals surface area contributed by atoms with Crippen LogP contribution < -0.4 is 10.6 Å². The zero-order valence-electron chi connectivity index (χ0n) is 38.8. The van der Waals surface area contributed by atoms with E-state index < -0.39 is 168 Å². The van der Waals surface area contributed by atoms with Gasteiger partial charge in [-0.2, -0.15) is 13.2 Å². The third-order valence-corrected chi connectivity index (χ3v) is 4.50. The second-order valence-corrected chi connectivity index (χ2v) is 7.15. The molecule has 3 aromatic heterocycles. The lowest BCUT2D eigenvalue weighted by atomic mass is 10.1. The second kappa shape index (κ2) is 10.4. The highest BCUT2D eigenvalue weighted by Gasteiger charge is 2.31. The van der Waals surface area contributed by atoms with E-state index in [1.54, 1.807) is 5.32 Å². The number of hydrogen-bond acceptors (Lipinski definition) is 6. The number of aryl methyl sites for hydroxylation is 1. The summed E-state index contributed by atoms with van der Waals surface area (Å²) in [5.41, 5.74) is -10.9. The molecule has 0 fully saturated rings. The van der Waals surface area contributed by atoms with Crippen LogP contribution in [0.5, 0.6) is 0 Å². The van der Waals surface area contributed by atoms with Crippen LogP contribution in [0.25, 0.3) is 16.9 Å². The smallest absolute Gasteiger partial charge is 0.324 e. The van der Waals surface area contributed by atoms with E-state index in [0.717, 1.165) is 0 Å². The Morgan fingerprint density at radius 2 is 1.95 bits per heavy atom. The minimum absolute atomic E-state index is 0.0735. The van der Waals surface area contributed by atoms with E-state index in [-0.39, 0.29) is 4.57 Å². The fourth-order valence-corrected chi connectivity index (χ4v) is 2.84. The van der Waals surface area contributed by atoms with Crippen molar-refractivity contribution in [1.82, 2.24) is 24.5 Å². The van der Waals surface area contributed by atoms with Gasteiger partial charge >= 0.3 is 6.18 Å². The highest BCUT2D eigenvalue weighted by Crippen LogP contribution is 2.33. The number of hydrogen-bond donors (Lipinski definition) is 2. The maximum atomic E-state index is 14.4. The van der Waals surface area contributed by atoms with Gasteiger partial charge in [-0.05, 0) is 67.6 Å². The third kappa shape index (κ3) is 5.93. The number of carbonyl (C=O) groups is 1. The first kappa shape index (κ1) is 11.0. The van der Waals surface area contributed by atoms with E-state index in [4.69, 9.17) is 27.4 Å². The maximum Gasteiger partial charge on any atom is 0.416 e. The average Bonchev–Trinajstić information content (AvgIpc) is 3.39. The Hall–Kier alpha value is -5.06. The van der Waals surface area contributed by atoms with Crippen molar-refractivity contribution in [2.75, 3.05) is 10.6 Å². The number of halogens is 3. The first-order valence-electron chi connectivity index (χ1n) is 20.2. The monoisotopic (exact) mass is 549 g/mol. The predicted molar refractivity (Wildman–Crippen MR) is 141 cm³/mol. The first-order chi connectivity index (χ1) is 26.9. The molecule has 0 saturated carbocycles. The molecule has 2 aromatic carbocycles. The summed E-state index contributed by atoms with van der Waals surface area (Å²) in [6.45, 7) is -6.61. The molecule has 2 N–H and O–H groups in total. The number of nitrogens with one attached hydrogen (secondary N) is 2. The minimum Gasteiger partial charge on any atom is -0.324 e. The molecule has 0 aliphatic rings. The molecule has 1 amide bonds. The number of anilines is 3. The SMILES string of the molecule is [2H]c1nc(Nc2c([2H])c(C(=O)Nc3c([2H])c(-n4c([2H])nc(C([2H])([2H])[2H])c4[2H])c([2H])c(C(F)(F)F)c3[2H])c([2H])c([2H])c2C([2H])([2H])[2H])nc(-c2c([2H])nc([2H])c([2H])c2[2H])c1[2H]. The molecule has 0 aliphatic carbocycles. The van der Waals surface area contributed by atoms with Gasteiger partial charge in [0.25, 0.3) is 5.91 Å². The van der Waals surface area contributed by atoms with Crippen LogP contribution in [-0.2, 0) is 6.18 Å². The number of alkyl halides is 3. The van der Waals surface area contributed by atoms with Crippen LogP contribution in [0.4, 0.5) is 30.5 Å². The molecule has 0 atom stereocenters. The molecule has 0 aliphatic heterocycles. The molecule has 8 nitrogen and oxygen atoms in total. The molecule has 5 rings (SSSR count). The quantitative estimate of drug-likeness (QED) is 0.256. The zero-order chi connectivity index (χ0) is 44.8. The molecule has 0 unspecified atom stereocenters. The topological polar surface area (TPSA) is 97.6 Å². The van der Waals surface area contributed by atoms with Crippen LogP contribution in [0.15, 0.2) is 85.4 Å². The van der Waals surface area contributed by atoms with Gasteiger partial charge in [-0.25, -0.2) is 15.0 Å². The molecule has 0 saturated heterocycles. The van der Waals surface area contributed by atoms with Crippen molar-refractivity contribution in [2.45, 2.75) is 19.9 Å². The number of amides is 1. The summed E-state index contributed by atoms with van der Waals surface area (Å²) < 4.78 is 205. The number of rotatable bonds is 6. The van der Waals surface area contributed by atoms with Crippen molar-refractivity contribution in [3.63, 3.8) is 0 Å². The number of pyridine rings is 1. The van der Waals surface area contributed by atoms with Crippen molar-refractivity contribution in [1.29, 1.82) is 0 Å². The largest absolute Gasteiger partial charge is 0.416 e. The van der Waals surface area contributed by atoms with Gasteiger partial charge in [0.2, 0.25) is 5.95 Å². The molecular weight excluding hydrogens is 507 g/mol. The van der Waals surface area contributed by atoms with Crippen molar-refractivity contribution < 1.29 is 45.4 Å². The van der Waals surface area contributed by atoms with Crippen molar-refractivity contribution in [3.05, 3.63) is 108 Å². The lowest BCUT2D eigenvalue weighted by Crippen LogP contribution is -2.14. The summed E-state index contributed by atoms with van der Waals surface area (Å²) in [5, 5.41) is 3.93. The lowest BCUT2D eigenvalue weighted by Gasteiger charge is -2.14. The lowest BCUT2D eigenvalue weighted by molar-refractivity contribution is -0.137. The van der Waals surface area contributed by atoms with E-state index >= 15 is 0 Å². The van der Waals surface area contributed by atoms with Crippen LogP contribution in [0, 0.1) is 13.7 Å². The molecule has 0 spiro atoms. The van der Waals surface area contributed by atoms with Crippen LogP contribution in [0.1, 0.15) is 54.6 Å². The van der Waals surface area contributed by atoms with Crippen molar-refractivity contribution >= 4 is 23.2 Å². The highest BCUT2D eigenvalue weighted by atomic mass is 19.4. The molecule has 196 valence electrons. The van der Waals surface area contributed by atoms with E-state index in [1.165, 1.54) is 0 Å². The van der Waals surface area contributed by atoms with Gasteiger partial charge in [0, 0.05) is 61.1 Å². The Kier molecular flexibility index (Phi) is 2.92. The van der Waals surface area contributed by atoms with Crippen LogP contribution in [0.3, 0.4) is 0 Å². The Morgan fingerprint density at radius 1 is 1.05 bits per heavy atom. The fraction of sp³-hybridized carbons (Fsp3) is 0.107. The fourth-order valence-electron chi connectivity index (χ4n) is 2.84. The molecule has 0 bridgehead atoms. The van der Waals surface area contributed by atoms with E-state index in [2.05, 4.69) is 25.3 Å². The molecule has 3 heterocycles. The summed E-state index contributed by atoms with van der Waals surface area (Å²) in [4.78, 5) is 28.3. The Morgan fingerprint density at radius 3 is 2.74 bits per heavy atom. The molecular formula is C28H22F3N7O. The van der Waals surface area contributed by atoms with Crippen molar-refractivity contribution in [2.24, 2.45) is 0 Å². The van der Waals surface area contributed by atoms with Gasteiger partial charge in [-0.1, -0.05) is 6.04 Å². The minimum atomic E-state index is -5.62. The number of imidazole rings is 1. The summed E-state index contributed by atoms with van der Waals surface area (Å²) in [5.74, 6) is -2.71. The Balaban J connectivity index is 1.75. The standard InChI is InChI=1S/C28H22F3N7O/c1-17-5-6-19(10-25(17)37-27-33-9-7-24(36-27)20-4-3-8-32-14-20)26(39)35-22-11-21(28(29,30)31)12-23(13-22)38-15-18(2)34-16-38/h3-16H,1-2H3,(H,35,39)(H,33,36,37)/i1D3,2D3,3D,4D,5D,6D,7D,8D,9D,10D,11D,12D,13D,14D,15D,16D. The van der Waals surface area contributed by atoms with E-state index in [1.807, 2.05) is 0 Å². The average molecular weight is 550 g/mol. The van der Waals surface area contributed by atoms with Crippen LogP contribution in [-0.4, -0.2) is 30.4 Å². The number of nitrogens with zero attached hydrogens (tertiary/aromatic N) is 5. The van der Waals surface area contributed by atoms with Gasteiger partial charge in [0.1, 0.15) is 1.37 Å². The van der Waals surface area contributed by atoms with Crippen LogP contribution in [0.2, 0.25) is 0 Å². The normalized spacial score (nSPS) is 19.3. The van der Waals surface area contributed by atoms with Gasteiger partial charge in [0.15, 0.2) is 0 Å². The third-order valence-electron chi connectivity index (χ3n) is 4.50. The van der Waals surface area contributed by atoms with Gasteiger partial charge < -0.3 is 15.2 Å². The molecule has 39 heavy (non-hydrogen) atoms. The number of benzene rings is 2. The first-order valence-corrected chi connectivity index (χ1v) is 10.2. The Bertz CT molecular complexity index is 2610. The number of carbonyl (C=O) groups excluding carboxylic acids is 1. The maximum absolute atomic E-state index is 14.4. The van der Waals surface area contributed by atoms with E-state index in [9.17, 15) is 18.0 Å². The van der Waals surface area contributed by atoms with Gasteiger partial charge in [-0.3, -0.25) is 9.78 Å². The summed E-state index contributed by atoms with van der Waals surface area (Å²) in [7, 11) is 0. The molecule has 0 radical (unpaired) electrons. The molecule has 5 aromatic rings. The number of aromatic nitrogens is 5. The summed E-state index contributed by atoms with van der Waals surface area (Å²) >= 11 is 0. The van der Waals surface area contributed by atoms with Crippen molar-refractivity contribution in [3.8, 4) is 16.9 Å². The van der Waals surface area contributed by atoms with Crippen LogP contribution >= 0.6 is 0 Å². The summed E-state index contributed by atoms with van der Waals surface area (Å²) in [6.07, 6.45) is -10.7. The summed E-state index contributed by atoms with van der Waals surface area (Å²) in [6, 6.07) is -11.3. The van der Waals surface area contributed by atoms with Gasteiger partial charge in [0.05, 0.1) is 41.1 Å². The van der Waals surface area contributed by atoms with Gasteiger partial charge in [-0.15, -0.1) is 0 Å². The second-order valence-electron chi connectivity index (χ2n) is 7.15. The predicted octanol–water partition coefficient (Wildman–Crippen LogP) is 6.36. The highest BCUT2D eigenvalue weighted by molar-refractivity contribution is 6.05. The zero-order valence-corrected chi connectivity index (χ0v) is 18.8. The molecule has 11 heteroatoms. The van der Waals surface area contributed by atoms with E-state index in [0.29, 0.717) is 0 Å². The Labute approximate surface area is 249 Å².